The molecule has 126 valence electrons. The van der Waals surface area contributed by atoms with Crippen molar-refractivity contribution in [3.63, 3.8) is 0 Å². The second-order valence-electron chi connectivity index (χ2n) is 6.40. The number of hydrogen-bond donors (Lipinski definition) is 1. The molecule has 3 aromatic heterocycles. The number of nitrogens with one attached hydrogen (secondary N) is 1. The van der Waals surface area contributed by atoms with E-state index in [-0.39, 0.29) is 6.04 Å². The van der Waals surface area contributed by atoms with Crippen LogP contribution in [0, 0.1) is 5.92 Å². The summed E-state index contributed by atoms with van der Waals surface area (Å²) in [4.78, 5) is 4.59. The van der Waals surface area contributed by atoms with Crippen LogP contribution in [-0.2, 0) is 18.3 Å². The number of imidazole rings is 1. The van der Waals surface area contributed by atoms with Crippen LogP contribution in [0.15, 0.2) is 43.0 Å². The van der Waals surface area contributed by atoms with Gasteiger partial charge in [0.1, 0.15) is 5.82 Å². The van der Waals surface area contributed by atoms with Crippen molar-refractivity contribution in [1.29, 1.82) is 0 Å². The van der Waals surface area contributed by atoms with Crippen LogP contribution in [0.2, 0.25) is 0 Å². The molecule has 1 N–H and O–H groups in total. The maximum atomic E-state index is 5.54. The van der Waals surface area contributed by atoms with Gasteiger partial charge < -0.3 is 14.6 Å². The van der Waals surface area contributed by atoms with Crippen LogP contribution in [0.5, 0.6) is 0 Å². The van der Waals surface area contributed by atoms with E-state index in [2.05, 4.69) is 39.1 Å². The van der Waals surface area contributed by atoms with E-state index >= 15 is 0 Å². The van der Waals surface area contributed by atoms with E-state index in [9.17, 15) is 0 Å². The molecule has 1 aliphatic rings. The van der Waals surface area contributed by atoms with Gasteiger partial charge in [0.2, 0.25) is 0 Å². The van der Waals surface area contributed by atoms with Crippen LogP contribution in [0.25, 0.3) is 5.52 Å². The van der Waals surface area contributed by atoms with Crippen LogP contribution in [0.1, 0.15) is 30.3 Å². The summed E-state index contributed by atoms with van der Waals surface area (Å²) in [7, 11) is 2.06. The van der Waals surface area contributed by atoms with Crippen molar-refractivity contribution >= 4 is 5.52 Å². The van der Waals surface area contributed by atoms with Crippen molar-refractivity contribution in [3.05, 3.63) is 54.4 Å². The number of aryl methyl sites for hydroxylation is 1. The molecule has 4 rings (SSSR count). The van der Waals surface area contributed by atoms with E-state index in [0.29, 0.717) is 5.92 Å². The first kappa shape index (κ1) is 15.4. The second-order valence-corrected chi connectivity index (χ2v) is 6.40. The highest BCUT2D eigenvalue weighted by molar-refractivity contribution is 5.53. The monoisotopic (exact) mass is 325 g/mol. The van der Waals surface area contributed by atoms with Gasteiger partial charge in [0.25, 0.3) is 0 Å². The van der Waals surface area contributed by atoms with Crippen molar-refractivity contribution in [2.45, 2.75) is 25.4 Å². The third-order valence-electron chi connectivity index (χ3n) is 4.89. The van der Waals surface area contributed by atoms with E-state index in [0.717, 1.165) is 43.9 Å². The fraction of sp³-hybridized carbons (Fsp3) is 0.444. The van der Waals surface area contributed by atoms with Crippen molar-refractivity contribution in [3.8, 4) is 0 Å². The Morgan fingerprint density at radius 2 is 2.17 bits per heavy atom. The fourth-order valence-corrected chi connectivity index (χ4v) is 3.54. The van der Waals surface area contributed by atoms with Gasteiger partial charge in [0.15, 0.2) is 0 Å². The van der Waals surface area contributed by atoms with Gasteiger partial charge in [-0.25, -0.2) is 9.50 Å². The normalized spacial score (nSPS) is 17.4. The predicted molar refractivity (Wildman–Crippen MR) is 91.5 cm³/mol. The highest BCUT2D eigenvalue weighted by atomic mass is 16.5. The lowest BCUT2D eigenvalue weighted by molar-refractivity contribution is 0.0518. The first-order valence-electron chi connectivity index (χ1n) is 8.52. The van der Waals surface area contributed by atoms with E-state index in [4.69, 9.17) is 4.74 Å². The molecule has 0 amide bonds. The summed E-state index contributed by atoms with van der Waals surface area (Å²) in [5.74, 6) is 1.64. The summed E-state index contributed by atoms with van der Waals surface area (Å²) in [5.41, 5.74) is 2.36. The molecular formula is C18H23N5O. The number of pyridine rings is 1. The molecule has 1 saturated heterocycles. The molecule has 0 unspecified atom stereocenters. The quantitative estimate of drug-likeness (QED) is 0.782. The van der Waals surface area contributed by atoms with Gasteiger partial charge in [-0.3, -0.25) is 0 Å². The van der Waals surface area contributed by atoms with E-state index in [1.807, 2.05) is 35.4 Å². The SMILES string of the molecule is Cn1ccnc1[C@@H](NCc1cnn2ccccc12)C1CCOCC1. The van der Waals surface area contributed by atoms with Gasteiger partial charge in [0, 0.05) is 51.0 Å². The number of aromatic nitrogens is 4. The Morgan fingerprint density at radius 3 is 2.96 bits per heavy atom. The first-order chi connectivity index (χ1) is 11.8. The Bertz CT molecular complexity index is 802. The Labute approximate surface area is 141 Å². The molecule has 1 atom stereocenters. The standard InChI is InChI=1S/C18H23N5O/c1-22-9-7-19-18(22)17(14-5-10-24-11-6-14)20-12-15-13-21-23-8-3-2-4-16(15)23/h2-4,7-9,13-14,17,20H,5-6,10-12H2,1H3/t17-/m0/s1. The molecule has 6 nitrogen and oxygen atoms in total. The minimum atomic E-state index is 0.229. The van der Waals surface area contributed by atoms with Crippen LogP contribution < -0.4 is 5.32 Å². The molecule has 3 aromatic rings. The summed E-state index contributed by atoms with van der Waals surface area (Å²) in [5, 5.41) is 8.16. The Balaban J connectivity index is 1.56. The average Bonchev–Trinajstić information content (AvgIpc) is 3.23. The number of hydrogen-bond acceptors (Lipinski definition) is 4. The maximum Gasteiger partial charge on any atom is 0.125 e. The van der Waals surface area contributed by atoms with E-state index in [1.54, 1.807) is 0 Å². The second kappa shape index (κ2) is 6.75. The molecule has 0 aromatic carbocycles. The molecule has 0 spiro atoms. The molecule has 0 radical (unpaired) electrons. The lowest BCUT2D eigenvalue weighted by atomic mass is 9.91. The highest BCUT2D eigenvalue weighted by Crippen LogP contribution is 2.29. The Kier molecular flexibility index (Phi) is 4.32. The zero-order valence-corrected chi connectivity index (χ0v) is 13.9. The summed E-state index contributed by atoms with van der Waals surface area (Å²) in [6.45, 7) is 2.45. The van der Waals surface area contributed by atoms with Gasteiger partial charge in [-0.2, -0.15) is 5.10 Å². The zero-order chi connectivity index (χ0) is 16.4. The van der Waals surface area contributed by atoms with Crippen molar-refractivity contribution in [2.75, 3.05) is 13.2 Å². The summed E-state index contributed by atoms with van der Waals surface area (Å²) >= 11 is 0. The summed E-state index contributed by atoms with van der Waals surface area (Å²) in [6.07, 6.45) is 9.95. The topological polar surface area (TPSA) is 56.4 Å². The van der Waals surface area contributed by atoms with E-state index in [1.165, 1.54) is 5.56 Å². The lowest BCUT2D eigenvalue weighted by Crippen LogP contribution is -2.33. The average molecular weight is 325 g/mol. The van der Waals surface area contributed by atoms with Gasteiger partial charge >= 0.3 is 0 Å². The predicted octanol–water partition coefficient (Wildman–Crippen LogP) is 2.33. The summed E-state index contributed by atoms with van der Waals surface area (Å²) in [6, 6.07) is 6.38. The zero-order valence-electron chi connectivity index (χ0n) is 13.9. The van der Waals surface area contributed by atoms with Gasteiger partial charge in [-0.15, -0.1) is 0 Å². The fourth-order valence-electron chi connectivity index (χ4n) is 3.54. The van der Waals surface area contributed by atoms with Crippen LogP contribution >= 0.6 is 0 Å². The molecule has 1 aliphatic heterocycles. The Hall–Kier alpha value is -2.18. The molecule has 0 saturated carbocycles. The van der Waals surface area contributed by atoms with Crippen LogP contribution in [0.4, 0.5) is 0 Å². The molecular weight excluding hydrogens is 302 g/mol. The molecule has 4 heterocycles. The number of fused-ring (bicyclic) bond motifs is 1. The van der Waals surface area contributed by atoms with Crippen molar-refractivity contribution in [1.82, 2.24) is 24.5 Å². The minimum Gasteiger partial charge on any atom is -0.381 e. The first-order valence-corrected chi connectivity index (χ1v) is 8.52. The summed E-state index contributed by atoms with van der Waals surface area (Å²) < 4.78 is 9.57. The number of ether oxygens (including phenoxy) is 1. The largest absolute Gasteiger partial charge is 0.381 e. The lowest BCUT2D eigenvalue weighted by Gasteiger charge is -2.30. The third kappa shape index (κ3) is 2.95. The van der Waals surface area contributed by atoms with Gasteiger partial charge in [-0.05, 0) is 30.9 Å². The maximum absolute atomic E-state index is 5.54. The molecule has 0 aliphatic carbocycles. The minimum absolute atomic E-state index is 0.229. The number of rotatable bonds is 5. The molecule has 0 bridgehead atoms. The van der Waals surface area contributed by atoms with Crippen molar-refractivity contribution < 1.29 is 4.74 Å². The number of nitrogens with zero attached hydrogens (tertiary/aromatic N) is 4. The van der Waals surface area contributed by atoms with Crippen LogP contribution in [0.3, 0.4) is 0 Å². The molecule has 1 fully saturated rings. The van der Waals surface area contributed by atoms with E-state index < -0.39 is 0 Å². The highest BCUT2D eigenvalue weighted by Gasteiger charge is 2.28. The van der Waals surface area contributed by atoms with Crippen molar-refractivity contribution in [2.24, 2.45) is 13.0 Å². The van der Waals surface area contributed by atoms with Gasteiger partial charge in [0.05, 0.1) is 17.8 Å². The van der Waals surface area contributed by atoms with Crippen LogP contribution in [-0.4, -0.2) is 32.4 Å². The molecule has 24 heavy (non-hydrogen) atoms. The molecule has 6 heteroatoms. The third-order valence-corrected chi connectivity index (χ3v) is 4.89. The smallest absolute Gasteiger partial charge is 0.125 e. The Morgan fingerprint density at radius 1 is 1.29 bits per heavy atom. The van der Waals surface area contributed by atoms with Gasteiger partial charge in [-0.1, -0.05) is 6.07 Å².